The van der Waals surface area contributed by atoms with E-state index in [9.17, 15) is 0 Å². The molecule has 3 heteroatoms. The fourth-order valence-electron chi connectivity index (χ4n) is 2.13. The number of hydrogen-bond donors (Lipinski definition) is 1. The smallest absolute Gasteiger partial charge is 0.0858 e. The monoisotopic (exact) mass is 265 g/mol. The first-order chi connectivity index (χ1) is 8.48. The van der Waals surface area contributed by atoms with Crippen molar-refractivity contribution in [2.45, 2.75) is 38.3 Å². The zero-order chi connectivity index (χ0) is 13.2. The van der Waals surface area contributed by atoms with Crippen LogP contribution in [0.4, 0.5) is 0 Å². The molecule has 1 aromatic rings. The van der Waals surface area contributed by atoms with Crippen LogP contribution in [0.2, 0.25) is 0 Å². The third kappa shape index (κ3) is 3.28. The van der Waals surface area contributed by atoms with Gasteiger partial charge in [0.05, 0.1) is 18.8 Å². The molecule has 1 fully saturated rings. The molecule has 1 saturated heterocycles. The Balaban J connectivity index is 2.09. The van der Waals surface area contributed by atoms with E-state index in [0.717, 1.165) is 18.1 Å². The van der Waals surface area contributed by atoms with Crippen molar-refractivity contribution in [2.24, 2.45) is 5.73 Å². The molecule has 2 N–H and O–H groups in total. The average Bonchev–Trinajstić information content (AvgIpc) is 2.38. The zero-order valence-corrected chi connectivity index (χ0v) is 12.3. The second kappa shape index (κ2) is 5.64. The Hall–Kier alpha value is -0.510. The van der Waals surface area contributed by atoms with E-state index in [1.807, 2.05) is 11.8 Å². The Morgan fingerprint density at radius 2 is 1.94 bits per heavy atom. The highest BCUT2D eigenvalue weighted by Crippen LogP contribution is 2.27. The second-order valence-electron chi connectivity index (χ2n) is 5.88. The van der Waals surface area contributed by atoms with Crippen molar-refractivity contribution >= 4 is 11.8 Å². The molecule has 0 aromatic heterocycles. The third-order valence-electron chi connectivity index (χ3n) is 3.40. The molecule has 18 heavy (non-hydrogen) atoms. The lowest BCUT2D eigenvalue weighted by atomic mass is 9.86. The number of benzene rings is 1. The van der Waals surface area contributed by atoms with Crippen molar-refractivity contribution in [1.29, 1.82) is 0 Å². The summed E-state index contributed by atoms with van der Waals surface area (Å²) in [7, 11) is 0. The summed E-state index contributed by atoms with van der Waals surface area (Å²) >= 11 is 1.93. The molecule has 2 unspecified atom stereocenters. The fraction of sp³-hybridized carbons (Fsp3) is 0.600. The molecular weight excluding hydrogens is 242 g/mol. The molecule has 1 aliphatic heterocycles. The summed E-state index contributed by atoms with van der Waals surface area (Å²) in [5.41, 5.74) is 9.01. The standard InChI is InChI=1S/C15H23NOS/c1-15(2,3)12-6-4-11(5-7-12)14(16)13-10-18-9-8-17-13/h4-7,13-14H,8-10,16H2,1-3H3. The van der Waals surface area contributed by atoms with Gasteiger partial charge >= 0.3 is 0 Å². The number of rotatable bonds is 2. The fourth-order valence-corrected chi connectivity index (χ4v) is 3.05. The largest absolute Gasteiger partial charge is 0.375 e. The summed E-state index contributed by atoms with van der Waals surface area (Å²) < 4.78 is 5.75. The van der Waals surface area contributed by atoms with Gasteiger partial charge in [-0.2, -0.15) is 11.8 Å². The van der Waals surface area contributed by atoms with E-state index in [-0.39, 0.29) is 17.6 Å². The number of thioether (sulfide) groups is 1. The molecule has 0 amide bonds. The highest BCUT2D eigenvalue weighted by molar-refractivity contribution is 7.99. The van der Waals surface area contributed by atoms with Gasteiger partial charge < -0.3 is 10.5 Å². The Morgan fingerprint density at radius 1 is 1.28 bits per heavy atom. The van der Waals surface area contributed by atoms with E-state index in [1.165, 1.54) is 11.1 Å². The Kier molecular flexibility index (Phi) is 4.36. The van der Waals surface area contributed by atoms with Crippen LogP contribution in [0.15, 0.2) is 24.3 Å². The predicted molar refractivity (Wildman–Crippen MR) is 79.1 cm³/mol. The predicted octanol–water partition coefficient (Wildman–Crippen LogP) is 3.12. The molecule has 1 aliphatic rings. The third-order valence-corrected chi connectivity index (χ3v) is 4.42. The summed E-state index contributed by atoms with van der Waals surface area (Å²) in [4.78, 5) is 0. The molecule has 2 nitrogen and oxygen atoms in total. The van der Waals surface area contributed by atoms with E-state index in [4.69, 9.17) is 10.5 Å². The van der Waals surface area contributed by atoms with Crippen molar-refractivity contribution in [3.63, 3.8) is 0 Å². The minimum atomic E-state index is -0.00758. The quantitative estimate of drug-likeness (QED) is 0.892. The number of nitrogens with two attached hydrogens (primary N) is 1. The first-order valence-corrected chi connectivity index (χ1v) is 7.69. The van der Waals surface area contributed by atoms with Crippen LogP contribution in [0.5, 0.6) is 0 Å². The summed E-state index contributed by atoms with van der Waals surface area (Å²) in [6.45, 7) is 7.50. The molecule has 2 atom stereocenters. The van der Waals surface area contributed by atoms with Gasteiger partial charge in [0.2, 0.25) is 0 Å². The summed E-state index contributed by atoms with van der Waals surface area (Å²) in [5.74, 6) is 2.09. The minimum absolute atomic E-state index is 0.00758. The summed E-state index contributed by atoms with van der Waals surface area (Å²) in [5, 5.41) is 0. The summed E-state index contributed by atoms with van der Waals surface area (Å²) in [6, 6.07) is 8.66. The average molecular weight is 265 g/mol. The molecule has 0 spiro atoms. The number of ether oxygens (including phenoxy) is 1. The lowest BCUT2D eigenvalue weighted by Gasteiger charge is -2.28. The summed E-state index contributed by atoms with van der Waals surface area (Å²) in [6.07, 6.45) is 0.157. The van der Waals surface area contributed by atoms with Crippen LogP contribution in [0.3, 0.4) is 0 Å². The topological polar surface area (TPSA) is 35.2 Å². The Labute approximate surface area is 114 Å². The first kappa shape index (κ1) is 13.9. The SMILES string of the molecule is CC(C)(C)c1ccc(C(N)C2CSCCO2)cc1. The van der Waals surface area contributed by atoms with Gasteiger partial charge in [0.25, 0.3) is 0 Å². The van der Waals surface area contributed by atoms with Gasteiger partial charge in [-0.05, 0) is 16.5 Å². The van der Waals surface area contributed by atoms with Crippen LogP contribution in [-0.2, 0) is 10.2 Å². The molecule has 0 radical (unpaired) electrons. The Morgan fingerprint density at radius 3 is 2.44 bits per heavy atom. The zero-order valence-electron chi connectivity index (χ0n) is 11.5. The highest BCUT2D eigenvalue weighted by atomic mass is 32.2. The maximum Gasteiger partial charge on any atom is 0.0858 e. The van der Waals surface area contributed by atoms with Gasteiger partial charge in [-0.1, -0.05) is 45.0 Å². The molecule has 0 saturated carbocycles. The van der Waals surface area contributed by atoms with Crippen molar-refractivity contribution in [1.82, 2.24) is 0 Å². The van der Waals surface area contributed by atoms with E-state index in [2.05, 4.69) is 45.0 Å². The van der Waals surface area contributed by atoms with Crippen LogP contribution in [0, 0.1) is 0 Å². The molecule has 0 bridgehead atoms. The van der Waals surface area contributed by atoms with E-state index in [0.29, 0.717) is 0 Å². The molecule has 2 rings (SSSR count). The van der Waals surface area contributed by atoms with Gasteiger partial charge in [0.15, 0.2) is 0 Å². The second-order valence-corrected chi connectivity index (χ2v) is 7.03. The molecule has 1 heterocycles. The van der Waals surface area contributed by atoms with Gasteiger partial charge in [0.1, 0.15) is 0 Å². The maximum absolute atomic E-state index is 6.29. The van der Waals surface area contributed by atoms with E-state index < -0.39 is 0 Å². The van der Waals surface area contributed by atoms with Gasteiger partial charge in [-0.15, -0.1) is 0 Å². The number of hydrogen-bond acceptors (Lipinski definition) is 3. The normalized spacial score (nSPS) is 22.8. The Bertz CT molecular complexity index is 376. The highest BCUT2D eigenvalue weighted by Gasteiger charge is 2.23. The molecule has 1 aromatic carbocycles. The first-order valence-electron chi connectivity index (χ1n) is 6.54. The lowest BCUT2D eigenvalue weighted by Crippen LogP contribution is -2.34. The van der Waals surface area contributed by atoms with Crippen LogP contribution < -0.4 is 5.73 Å². The van der Waals surface area contributed by atoms with Crippen molar-refractivity contribution in [3.05, 3.63) is 35.4 Å². The lowest BCUT2D eigenvalue weighted by molar-refractivity contribution is 0.0569. The van der Waals surface area contributed by atoms with Crippen molar-refractivity contribution < 1.29 is 4.74 Å². The van der Waals surface area contributed by atoms with E-state index in [1.54, 1.807) is 0 Å². The van der Waals surface area contributed by atoms with Crippen LogP contribution in [0.25, 0.3) is 0 Å². The van der Waals surface area contributed by atoms with Gasteiger partial charge in [-0.3, -0.25) is 0 Å². The van der Waals surface area contributed by atoms with Crippen LogP contribution in [0.1, 0.15) is 37.9 Å². The molecule has 0 aliphatic carbocycles. The minimum Gasteiger partial charge on any atom is -0.375 e. The maximum atomic E-state index is 6.29. The van der Waals surface area contributed by atoms with Crippen LogP contribution >= 0.6 is 11.8 Å². The van der Waals surface area contributed by atoms with Crippen LogP contribution in [-0.4, -0.2) is 24.2 Å². The van der Waals surface area contributed by atoms with E-state index >= 15 is 0 Å². The van der Waals surface area contributed by atoms with Gasteiger partial charge in [0, 0.05) is 11.5 Å². The van der Waals surface area contributed by atoms with Crippen molar-refractivity contribution in [2.75, 3.05) is 18.1 Å². The molecular formula is C15H23NOS. The van der Waals surface area contributed by atoms with Gasteiger partial charge in [-0.25, -0.2) is 0 Å². The molecule has 100 valence electrons. The van der Waals surface area contributed by atoms with Crippen molar-refractivity contribution in [3.8, 4) is 0 Å².